The number of carbonyl (C=O) groups excluding carboxylic acids is 1. The van der Waals surface area contributed by atoms with Crippen molar-refractivity contribution in [2.45, 2.75) is 26.8 Å². The molecule has 0 aliphatic heterocycles. The van der Waals surface area contributed by atoms with Gasteiger partial charge in [-0.1, -0.05) is 0 Å². The van der Waals surface area contributed by atoms with Crippen molar-refractivity contribution in [2.75, 3.05) is 12.3 Å². The number of hydrogen-bond donors (Lipinski definition) is 1. The van der Waals surface area contributed by atoms with Gasteiger partial charge in [-0.3, -0.25) is 4.79 Å². The number of rotatable bonds is 3. The van der Waals surface area contributed by atoms with Crippen LogP contribution in [0.1, 0.15) is 31.3 Å². The van der Waals surface area contributed by atoms with Crippen molar-refractivity contribution in [3.63, 3.8) is 0 Å². The molecule has 0 aliphatic carbocycles. The van der Waals surface area contributed by atoms with E-state index in [1.165, 1.54) is 0 Å². The van der Waals surface area contributed by atoms with Gasteiger partial charge in [-0.2, -0.15) is 0 Å². The second-order valence-electron chi connectivity index (χ2n) is 3.95. The summed E-state index contributed by atoms with van der Waals surface area (Å²) in [6, 6.07) is 1.92. The smallest absolute Gasteiger partial charge is 0.270 e. The van der Waals surface area contributed by atoms with Gasteiger partial charge in [-0.05, 0) is 26.8 Å². The lowest BCUT2D eigenvalue weighted by atomic mass is 10.2. The van der Waals surface area contributed by atoms with Gasteiger partial charge in [0.05, 0.1) is 5.69 Å². The maximum atomic E-state index is 12.1. The van der Waals surface area contributed by atoms with Crippen LogP contribution >= 0.6 is 0 Å². The van der Waals surface area contributed by atoms with Gasteiger partial charge in [0.25, 0.3) is 5.91 Å². The third-order valence-electron chi connectivity index (χ3n) is 2.47. The van der Waals surface area contributed by atoms with E-state index in [-0.39, 0.29) is 11.9 Å². The third-order valence-corrected chi connectivity index (χ3v) is 2.47. The molecule has 0 unspecified atom stereocenters. The fourth-order valence-electron chi connectivity index (χ4n) is 1.69. The molecule has 84 valence electrons. The Kier molecular flexibility index (Phi) is 3.39. The fourth-order valence-corrected chi connectivity index (χ4v) is 1.69. The SMILES string of the molecule is CCN(C(=O)c1cc(N)cn1C)C(C)C. The first kappa shape index (κ1) is 11.6. The molecule has 0 aromatic carbocycles. The van der Waals surface area contributed by atoms with E-state index in [1.807, 2.05) is 32.7 Å². The summed E-state index contributed by atoms with van der Waals surface area (Å²) in [5.74, 6) is 0.0340. The zero-order valence-electron chi connectivity index (χ0n) is 9.82. The van der Waals surface area contributed by atoms with Crippen LogP contribution in [-0.4, -0.2) is 28.0 Å². The Morgan fingerprint density at radius 1 is 1.60 bits per heavy atom. The van der Waals surface area contributed by atoms with E-state index in [0.29, 0.717) is 17.9 Å². The lowest BCUT2D eigenvalue weighted by Gasteiger charge is -2.25. The van der Waals surface area contributed by atoms with Crippen LogP contribution in [0.5, 0.6) is 0 Å². The average Bonchev–Trinajstić information content (AvgIpc) is 2.45. The summed E-state index contributed by atoms with van der Waals surface area (Å²) in [4.78, 5) is 13.9. The number of nitrogen functional groups attached to an aromatic ring is 1. The quantitative estimate of drug-likeness (QED) is 0.819. The van der Waals surface area contributed by atoms with Gasteiger partial charge in [-0.15, -0.1) is 0 Å². The fraction of sp³-hybridized carbons (Fsp3) is 0.545. The summed E-state index contributed by atoms with van der Waals surface area (Å²) in [7, 11) is 1.83. The molecule has 1 aromatic rings. The Morgan fingerprint density at radius 3 is 2.53 bits per heavy atom. The predicted octanol–water partition coefficient (Wildman–Crippen LogP) is 1.48. The Labute approximate surface area is 90.7 Å². The molecule has 0 saturated carbocycles. The molecular formula is C11H19N3O. The van der Waals surface area contributed by atoms with Crippen LogP contribution in [0.4, 0.5) is 5.69 Å². The summed E-state index contributed by atoms with van der Waals surface area (Å²) in [6.07, 6.45) is 1.75. The maximum Gasteiger partial charge on any atom is 0.270 e. The van der Waals surface area contributed by atoms with Gasteiger partial charge in [0.15, 0.2) is 0 Å². The molecule has 1 aromatic heterocycles. The number of hydrogen-bond acceptors (Lipinski definition) is 2. The first-order chi connectivity index (χ1) is 6.97. The van der Waals surface area contributed by atoms with Gasteiger partial charge < -0.3 is 15.2 Å². The van der Waals surface area contributed by atoms with Crippen LogP contribution < -0.4 is 5.73 Å². The summed E-state index contributed by atoms with van der Waals surface area (Å²) < 4.78 is 1.77. The molecule has 4 nitrogen and oxygen atoms in total. The van der Waals surface area contributed by atoms with E-state index >= 15 is 0 Å². The molecule has 0 spiro atoms. The summed E-state index contributed by atoms with van der Waals surface area (Å²) >= 11 is 0. The number of anilines is 1. The molecule has 15 heavy (non-hydrogen) atoms. The van der Waals surface area contributed by atoms with Gasteiger partial charge in [-0.25, -0.2) is 0 Å². The van der Waals surface area contributed by atoms with Crippen molar-refractivity contribution < 1.29 is 4.79 Å². The molecule has 0 saturated heterocycles. The van der Waals surface area contributed by atoms with E-state index in [4.69, 9.17) is 5.73 Å². The zero-order chi connectivity index (χ0) is 11.6. The zero-order valence-corrected chi connectivity index (χ0v) is 9.82. The molecule has 0 radical (unpaired) electrons. The molecule has 0 aliphatic rings. The van der Waals surface area contributed by atoms with E-state index in [9.17, 15) is 4.79 Å². The number of nitrogens with zero attached hydrogens (tertiary/aromatic N) is 2. The van der Waals surface area contributed by atoms with Crippen LogP contribution in [-0.2, 0) is 7.05 Å². The van der Waals surface area contributed by atoms with Crippen molar-refractivity contribution in [1.29, 1.82) is 0 Å². The minimum Gasteiger partial charge on any atom is -0.397 e. The Hall–Kier alpha value is -1.45. The summed E-state index contributed by atoms with van der Waals surface area (Å²) in [5.41, 5.74) is 6.91. The van der Waals surface area contributed by atoms with Gasteiger partial charge in [0.2, 0.25) is 0 Å². The number of aromatic nitrogens is 1. The maximum absolute atomic E-state index is 12.1. The third kappa shape index (κ3) is 2.32. The van der Waals surface area contributed by atoms with E-state index in [0.717, 1.165) is 0 Å². The molecule has 0 bridgehead atoms. The van der Waals surface area contributed by atoms with Gasteiger partial charge in [0, 0.05) is 25.8 Å². The highest BCUT2D eigenvalue weighted by Gasteiger charge is 2.19. The highest BCUT2D eigenvalue weighted by molar-refractivity contribution is 5.94. The highest BCUT2D eigenvalue weighted by atomic mass is 16.2. The minimum atomic E-state index is 0.0340. The van der Waals surface area contributed by atoms with Crippen LogP contribution in [0.3, 0.4) is 0 Å². The van der Waals surface area contributed by atoms with Gasteiger partial charge >= 0.3 is 0 Å². The standard InChI is InChI=1S/C11H19N3O/c1-5-14(8(2)3)11(15)10-6-9(12)7-13(10)4/h6-8H,5,12H2,1-4H3. The number of nitrogens with two attached hydrogens (primary N) is 1. The van der Waals surface area contributed by atoms with E-state index in [2.05, 4.69) is 0 Å². The molecule has 0 atom stereocenters. The Balaban J connectivity index is 2.97. The molecular weight excluding hydrogens is 190 g/mol. The largest absolute Gasteiger partial charge is 0.397 e. The van der Waals surface area contributed by atoms with Crippen LogP contribution in [0, 0.1) is 0 Å². The number of carbonyl (C=O) groups is 1. The number of amides is 1. The average molecular weight is 209 g/mol. The lowest BCUT2D eigenvalue weighted by molar-refractivity contribution is 0.0707. The van der Waals surface area contributed by atoms with Crippen LogP contribution in [0.15, 0.2) is 12.3 Å². The normalized spacial score (nSPS) is 10.7. The molecule has 0 fully saturated rings. The van der Waals surface area contributed by atoms with Gasteiger partial charge in [0.1, 0.15) is 5.69 Å². The Morgan fingerprint density at radius 2 is 2.20 bits per heavy atom. The molecule has 1 amide bonds. The van der Waals surface area contributed by atoms with E-state index < -0.39 is 0 Å². The van der Waals surface area contributed by atoms with Crippen molar-refractivity contribution in [2.24, 2.45) is 7.05 Å². The molecule has 1 rings (SSSR count). The molecule has 4 heteroatoms. The Bertz CT molecular complexity index is 355. The van der Waals surface area contributed by atoms with Crippen molar-refractivity contribution >= 4 is 11.6 Å². The summed E-state index contributed by atoms with van der Waals surface area (Å²) in [5, 5.41) is 0. The topological polar surface area (TPSA) is 51.3 Å². The second kappa shape index (κ2) is 4.38. The molecule has 1 heterocycles. The van der Waals surface area contributed by atoms with Crippen molar-refractivity contribution in [3.05, 3.63) is 18.0 Å². The monoisotopic (exact) mass is 209 g/mol. The lowest BCUT2D eigenvalue weighted by Crippen LogP contribution is -2.37. The first-order valence-electron chi connectivity index (χ1n) is 5.20. The minimum absolute atomic E-state index is 0.0340. The summed E-state index contributed by atoms with van der Waals surface area (Å²) in [6.45, 7) is 6.70. The van der Waals surface area contributed by atoms with Crippen molar-refractivity contribution in [1.82, 2.24) is 9.47 Å². The van der Waals surface area contributed by atoms with E-state index in [1.54, 1.807) is 16.8 Å². The second-order valence-corrected chi connectivity index (χ2v) is 3.95. The predicted molar refractivity (Wildman–Crippen MR) is 61.7 cm³/mol. The number of aryl methyl sites for hydroxylation is 1. The highest BCUT2D eigenvalue weighted by Crippen LogP contribution is 2.13. The van der Waals surface area contributed by atoms with Crippen LogP contribution in [0.2, 0.25) is 0 Å². The first-order valence-corrected chi connectivity index (χ1v) is 5.20. The van der Waals surface area contributed by atoms with Crippen LogP contribution in [0.25, 0.3) is 0 Å². The van der Waals surface area contributed by atoms with Crippen molar-refractivity contribution in [3.8, 4) is 0 Å². The molecule has 2 N–H and O–H groups in total.